The van der Waals surface area contributed by atoms with Gasteiger partial charge in [-0.2, -0.15) is 0 Å². The van der Waals surface area contributed by atoms with Gasteiger partial charge in [-0.1, -0.05) is 12.1 Å². The number of nitrogens with one attached hydrogen (secondary N) is 1. The van der Waals surface area contributed by atoms with Crippen LogP contribution in [-0.2, 0) is 4.74 Å². The Bertz CT molecular complexity index is 386. The zero-order chi connectivity index (χ0) is 12.1. The predicted molar refractivity (Wildman–Crippen MR) is 65.5 cm³/mol. The maximum absolute atomic E-state index is 11.0. The number of aromatic carboxylic acids is 1. The smallest absolute Gasteiger partial charge is 0.337 e. The number of benzene rings is 1. The molecule has 0 saturated carbocycles. The van der Waals surface area contributed by atoms with Crippen molar-refractivity contribution in [2.75, 3.05) is 18.5 Å². The van der Waals surface area contributed by atoms with E-state index in [2.05, 4.69) is 5.32 Å². The third-order valence-electron chi connectivity index (χ3n) is 2.95. The minimum atomic E-state index is -0.905. The Kier molecular flexibility index (Phi) is 3.98. The zero-order valence-electron chi connectivity index (χ0n) is 9.69. The van der Waals surface area contributed by atoms with Gasteiger partial charge in [-0.15, -0.1) is 0 Å². The van der Waals surface area contributed by atoms with E-state index < -0.39 is 5.97 Å². The number of hydrogen-bond donors (Lipinski definition) is 2. The molecule has 0 radical (unpaired) electrons. The van der Waals surface area contributed by atoms with Crippen molar-refractivity contribution in [1.29, 1.82) is 0 Å². The Morgan fingerprint density at radius 1 is 1.41 bits per heavy atom. The van der Waals surface area contributed by atoms with Crippen molar-refractivity contribution in [2.24, 2.45) is 0 Å². The monoisotopic (exact) mass is 235 g/mol. The van der Waals surface area contributed by atoms with E-state index in [-0.39, 0.29) is 6.10 Å². The molecule has 17 heavy (non-hydrogen) atoms. The van der Waals surface area contributed by atoms with Gasteiger partial charge in [-0.3, -0.25) is 0 Å². The largest absolute Gasteiger partial charge is 0.478 e. The van der Waals surface area contributed by atoms with Gasteiger partial charge >= 0.3 is 5.97 Å². The highest BCUT2D eigenvalue weighted by molar-refractivity contribution is 5.94. The number of carboxylic acid groups (broad SMARTS) is 1. The summed E-state index contributed by atoms with van der Waals surface area (Å²) in [5.41, 5.74) is 0.970. The van der Waals surface area contributed by atoms with Crippen molar-refractivity contribution in [2.45, 2.75) is 25.4 Å². The standard InChI is InChI=1S/C13H17NO3/c15-13(16)11-6-1-2-7-12(11)14-9-10-5-3-4-8-17-10/h1-2,6-7,10,14H,3-5,8-9H2,(H,15,16). The molecule has 0 aliphatic carbocycles. The van der Waals surface area contributed by atoms with Gasteiger partial charge in [0.05, 0.1) is 11.7 Å². The molecule has 1 fully saturated rings. The van der Waals surface area contributed by atoms with E-state index in [9.17, 15) is 4.79 Å². The van der Waals surface area contributed by atoms with E-state index in [4.69, 9.17) is 9.84 Å². The summed E-state index contributed by atoms with van der Waals surface area (Å²) in [4.78, 5) is 11.0. The molecule has 1 saturated heterocycles. The van der Waals surface area contributed by atoms with Gasteiger partial charge < -0.3 is 15.2 Å². The number of ether oxygens (including phenoxy) is 1. The number of rotatable bonds is 4. The van der Waals surface area contributed by atoms with Crippen LogP contribution in [0.25, 0.3) is 0 Å². The first-order chi connectivity index (χ1) is 8.27. The Morgan fingerprint density at radius 3 is 2.94 bits per heavy atom. The lowest BCUT2D eigenvalue weighted by atomic mass is 10.1. The maximum atomic E-state index is 11.0. The highest BCUT2D eigenvalue weighted by Gasteiger charge is 2.15. The summed E-state index contributed by atoms with van der Waals surface area (Å²) in [6.45, 7) is 1.48. The highest BCUT2D eigenvalue weighted by Crippen LogP contribution is 2.17. The summed E-state index contributed by atoms with van der Waals surface area (Å²) < 4.78 is 5.59. The number of para-hydroxylation sites is 1. The molecule has 1 heterocycles. The normalized spacial score (nSPS) is 19.9. The van der Waals surface area contributed by atoms with Crippen LogP contribution in [0.4, 0.5) is 5.69 Å². The molecule has 1 unspecified atom stereocenters. The molecule has 0 aromatic heterocycles. The van der Waals surface area contributed by atoms with Crippen LogP contribution in [0.15, 0.2) is 24.3 Å². The molecular formula is C13H17NO3. The van der Waals surface area contributed by atoms with Gasteiger partial charge in [0.1, 0.15) is 0 Å². The maximum Gasteiger partial charge on any atom is 0.337 e. The predicted octanol–water partition coefficient (Wildman–Crippen LogP) is 2.37. The van der Waals surface area contributed by atoms with Crippen LogP contribution in [0.1, 0.15) is 29.6 Å². The van der Waals surface area contributed by atoms with Gasteiger partial charge in [-0.05, 0) is 31.4 Å². The first-order valence-corrected chi connectivity index (χ1v) is 5.95. The number of carboxylic acids is 1. The van der Waals surface area contributed by atoms with Gasteiger partial charge in [0.25, 0.3) is 0 Å². The van der Waals surface area contributed by atoms with Crippen molar-refractivity contribution in [3.05, 3.63) is 29.8 Å². The third-order valence-corrected chi connectivity index (χ3v) is 2.95. The average Bonchev–Trinajstić information content (AvgIpc) is 2.38. The van der Waals surface area contributed by atoms with Crippen molar-refractivity contribution in [1.82, 2.24) is 0 Å². The van der Waals surface area contributed by atoms with E-state index in [0.29, 0.717) is 17.8 Å². The molecule has 1 aliphatic heterocycles. The van der Waals surface area contributed by atoms with Crippen molar-refractivity contribution < 1.29 is 14.6 Å². The molecule has 1 atom stereocenters. The Labute approximate surface area is 101 Å². The molecule has 1 aromatic rings. The van der Waals surface area contributed by atoms with Gasteiger partial charge in [0.15, 0.2) is 0 Å². The molecule has 0 spiro atoms. The molecule has 2 N–H and O–H groups in total. The van der Waals surface area contributed by atoms with Crippen LogP contribution >= 0.6 is 0 Å². The fourth-order valence-corrected chi connectivity index (χ4v) is 2.02. The fourth-order valence-electron chi connectivity index (χ4n) is 2.02. The molecular weight excluding hydrogens is 218 g/mol. The zero-order valence-corrected chi connectivity index (χ0v) is 9.69. The van der Waals surface area contributed by atoms with E-state index in [1.54, 1.807) is 18.2 Å². The number of hydrogen-bond acceptors (Lipinski definition) is 3. The fraction of sp³-hybridized carbons (Fsp3) is 0.462. The Morgan fingerprint density at radius 2 is 2.24 bits per heavy atom. The molecule has 92 valence electrons. The van der Waals surface area contributed by atoms with Gasteiger partial charge in [-0.25, -0.2) is 4.79 Å². The minimum absolute atomic E-state index is 0.200. The van der Waals surface area contributed by atoms with Crippen LogP contribution < -0.4 is 5.32 Å². The lowest BCUT2D eigenvalue weighted by Crippen LogP contribution is -2.27. The summed E-state index contributed by atoms with van der Waals surface area (Å²) in [7, 11) is 0. The Hall–Kier alpha value is -1.55. The number of carbonyl (C=O) groups is 1. The van der Waals surface area contributed by atoms with Crippen LogP contribution in [0.2, 0.25) is 0 Å². The summed E-state index contributed by atoms with van der Waals surface area (Å²) in [5.74, 6) is -0.905. The number of anilines is 1. The first-order valence-electron chi connectivity index (χ1n) is 5.95. The second-order valence-corrected chi connectivity index (χ2v) is 4.22. The lowest BCUT2D eigenvalue weighted by molar-refractivity contribution is 0.0247. The van der Waals surface area contributed by atoms with E-state index in [1.807, 2.05) is 6.07 Å². The van der Waals surface area contributed by atoms with Crippen molar-refractivity contribution >= 4 is 11.7 Å². The third kappa shape index (κ3) is 3.20. The highest BCUT2D eigenvalue weighted by atomic mass is 16.5. The van der Waals surface area contributed by atoms with Crippen LogP contribution in [-0.4, -0.2) is 30.3 Å². The minimum Gasteiger partial charge on any atom is -0.478 e. The SMILES string of the molecule is O=C(O)c1ccccc1NCC1CCCCO1. The van der Waals surface area contributed by atoms with Gasteiger partial charge in [0, 0.05) is 18.8 Å². The summed E-state index contributed by atoms with van der Waals surface area (Å²) >= 11 is 0. The summed E-state index contributed by atoms with van der Waals surface area (Å²) in [6.07, 6.45) is 3.56. The van der Waals surface area contributed by atoms with Crippen LogP contribution in [0.3, 0.4) is 0 Å². The Balaban J connectivity index is 1.96. The molecule has 1 aliphatic rings. The molecule has 4 heteroatoms. The van der Waals surface area contributed by atoms with E-state index in [1.165, 1.54) is 6.42 Å². The summed E-state index contributed by atoms with van der Waals surface area (Å²) in [6, 6.07) is 6.95. The second-order valence-electron chi connectivity index (χ2n) is 4.22. The van der Waals surface area contributed by atoms with Crippen molar-refractivity contribution in [3.8, 4) is 0 Å². The molecule has 0 amide bonds. The molecule has 2 rings (SSSR count). The van der Waals surface area contributed by atoms with E-state index in [0.717, 1.165) is 19.4 Å². The summed E-state index contributed by atoms with van der Waals surface area (Å²) in [5, 5.41) is 12.2. The van der Waals surface area contributed by atoms with Gasteiger partial charge in [0.2, 0.25) is 0 Å². The molecule has 1 aromatic carbocycles. The van der Waals surface area contributed by atoms with Crippen LogP contribution in [0, 0.1) is 0 Å². The van der Waals surface area contributed by atoms with Crippen molar-refractivity contribution in [3.63, 3.8) is 0 Å². The second kappa shape index (κ2) is 5.68. The lowest BCUT2D eigenvalue weighted by Gasteiger charge is -2.23. The van der Waals surface area contributed by atoms with E-state index >= 15 is 0 Å². The molecule has 0 bridgehead atoms. The first kappa shape index (κ1) is 11.9. The van der Waals surface area contributed by atoms with Crippen LogP contribution in [0.5, 0.6) is 0 Å². The topological polar surface area (TPSA) is 58.6 Å². The molecule has 4 nitrogen and oxygen atoms in total. The average molecular weight is 235 g/mol. The quantitative estimate of drug-likeness (QED) is 0.841.